The number of para-hydroxylation sites is 1. The number of carbonyl (C=O) groups is 2. The average Bonchev–Trinajstić information content (AvgIpc) is 3.21. The van der Waals surface area contributed by atoms with Crippen LogP contribution in [0.3, 0.4) is 0 Å². The molecule has 146 valence electrons. The molecule has 0 aliphatic carbocycles. The van der Waals surface area contributed by atoms with E-state index in [1.165, 1.54) is 0 Å². The van der Waals surface area contributed by atoms with Crippen LogP contribution in [0.2, 0.25) is 5.02 Å². The van der Waals surface area contributed by atoms with E-state index in [0.717, 1.165) is 5.69 Å². The van der Waals surface area contributed by atoms with Gasteiger partial charge in [-0.1, -0.05) is 28.9 Å². The second-order valence-electron chi connectivity index (χ2n) is 6.22. The zero-order valence-electron chi connectivity index (χ0n) is 15.7. The molecule has 28 heavy (non-hydrogen) atoms. The Morgan fingerprint density at radius 2 is 1.89 bits per heavy atom. The van der Waals surface area contributed by atoms with Crippen LogP contribution in [0.4, 0.5) is 0 Å². The number of Topliss-reactive ketones (excluding diaryl/α,β-unsaturated/α-hetero) is 1. The molecule has 3 aromatic rings. The number of ether oxygens (including phenoxy) is 2. The topological polar surface area (TPSA) is 83.6 Å². The summed E-state index contributed by atoms with van der Waals surface area (Å²) >= 11 is 5.96. The van der Waals surface area contributed by atoms with Crippen LogP contribution >= 0.6 is 11.6 Å². The molecule has 0 bridgehead atoms. The predicted octanol–water partition coefficient (Wildman–Crippen LogP) is 3.85. The number of aromatic nitrogens is 2. The first kappa shape index (κ1) is 19.7. The fourth-order valence-corrected chi connectivity index (χ4v) is 3.01. The van der Waals surface area contributed by atoms with Crippen molar-refractivity contribution in [1.29, 1.82) is 0 Å². The SMILES string of the molecule is Cc1cc(-n2c(C)cc(C(=O)COC(=O)COc3ccccc3Cl)c2C)no1. The zero-order valence-corrected chi connectivity index (χ0v) is 16.4. The fourth-order valence-electron chi connectivity index (χ4n) is 2.82. The van der Waals surface area contributed by atoms with Crippen molar-refractivity contribution >= 4 is 23.4 Å². The van der Waals surface area contributed by atoms with E-state index < -0.39 is 5.97 Å². The summed E-state index contributed by atoms with van der Waals surface area (Å²) in [5.41, 5.74) is 1.97. The van der Waals surface area contributed by atoms with Crippen LogP contribution in [0.5, 0.6) is 5.75 Å². The van der Waals surface area contributed by atoms with E-state index >= 15 is 0 Å². The van der Waals surface area contributed by atoms with Crippen LogP contribution < -0.4 is 4.74 Å². The highest BCUT2D eigenvalue weighted by Gasteiger charge is 2.19. The Balaban J connectivity index is 1.61. The summed E-state index contributed by atoms with van der Waals surface area (Å²) in [6.07, 6.45) is 0. The lowest BCUT2D eigenvalue weighted by Gasteiger charge is -2.08. The van der Waals surface area contributed by atoms with Gasteiger partial charge in [0.15, 0.2) is 19.0 Å². The molecular weight excluding hydrogens is 384 g/mol. The third-order valence-corrected chi connectivity index (χ3v) is 4.43. The number of aryl methyl sites for hydroxylation is 2. The van der Waals surface area contributed by atoms with Crippen molar-refractivity contribution in [1.82, 2.24) is 9.72 Å². The van der Waals surface area contributed by atoms with Crippen LogP contribution in [-0.4, -0.2) is 34.7 Å². The molecule has 0 atom stereocenters. The first-order chi connectivity index (χ1) is 13.4. The average molecular weight is 403 g/mol. The molecule has 3 rings (SSSR count). The van der Waals surface area contributed by atoms with Gasteiger partial charge in [0.2, 0.25) is 5.78 Å². The Morgan fingerprint density at radius 1 is 1.14 bits per heavy atom. The highest BCUT2D eigenvalue weighted by atomic mass is 35.5. The highest BCUT2D eigenvalue weighted by molar-refractivity contribution is 6.32. The minimum absolute atomic E-state index is 0.314. The van der Waals surface area contributed by atoms with Crippen molar-refractivity contribution in [2.24, 2.45) is 0 Å². The van der Waals surface area contributed by atoms with Crippen molar-refractivity contribution < 1.29 is 23.6 Å². The summed E-state index contributed by atoms with van der Waals surface area (Å²) in [6.45, 7) is 4.73. The van der Waals surface area contributed by atoms with Gasteiger partial charge in [-0.25, -0.2) is 4.79 Å². The molecule has 0 aliphatic heterocycles. The monoisotopic (exact) mass is 402 g/mol. The smallest absolute Gasteiger partial charge is 0.344 e. The summed E-state index contributed by atoms with van der Waals surface area (Å²) in [6, 6.07) is 10.3. The molecule has 2 aromatic heterocycles. The van der Waals surface area contributed by atoms with E-state index in [9.17, 15) is 9.59 Å². The number of esters is 1. The van der Waals surface area contributed by atoms with Gasteiger partial charge >= 0.3 is 5.97 Å². The van der Waals surface area contributed by atoms with Gasteiger partial charge in [-0.15, -0.1) is 0 Å². The third-order valence-electron chi connectivity index (χ3n) is 4.12. The van der Waals surface area contributed by atoms with Gasteiger partial charge in [0.1, 0.15) is 11.5 Å². The quantitative estimate of drug-likeness (QED) is 0.441. The Bertz CT molecular complexity index is 1020. The lowest BCUT2D eigenvalue weighted by Crippen LogP contribution is -2.20. The maximum atomic E-state index is 12.5. The minimum atomic E-state index is -0.658. The van der Waals surface area contributed by atoms with E-state index in [-0.39, 0.29) is 19.0 Å². The van der Waals surface area contributed by atoms with Gasteiger partial charge in [0.05, 0.1) is 5.02 Å². The lowest BCUT2D eigenvalue weighted by atomic mass is 10.1. The largest absolute Gasteiger partial charge is 0.480 e. The Labute approximate surface area is 166 Å². The number of carbonyl (C=O) groups excluding carboxylic acids is 2. The van der Waals surface area contributed by atoms with E-state index in [1.54, 1.807) is 50.2 Å². The molecule has 0 saturated carbocycles. The molecule has 2 heterocycles. The molecule has 0 saturated heterocycles. The highest BCUT2D eigenvalue weighted by Crippen LogP contribution is 2.23. The van der Waals surface area contributed by atoms with Crippen LogP contribution in [0.1, 0.15) is 27.5 Å². The molecule has 0 unspecified atom stereocenters. The van der Waals surface area contributed by atoms with Crippen molar-refractivity contribution in [3.8, 4) is 11.6 Å². The van der Waals surface area contributed by atoms with Gasteiger partial charge in [0.25, 0.3) is 0 Å². The zero-order chi connectivity index (χ0) is 20.3. The second kappa shape index (κ2) is 8.31. The van der Waals surface area contributed by atoms with Crippen molar-refractivity contribution in [3.05, 3.63) is 64.1 Å². The molecule has 0 N–H and O–H groups in total. The van der Waals surface area contributed by atoms with Gasteiger partial charge < -0.3 is 14.0 Å². The van der Waals surface area contributed by atoms with E-state index in [1.807, 2.05) is 11.5 Å². The number of hydrogen-bond donors (Lipinski definition) is 0. The van der Waals surface area contributed by atoms with E-state index in [4.69, 9.17) is 25.6 Å². The summed E-state index contributed by atoms with van der Waals surface area (Å²) in [7, 11) is 0. The van der Waals surface area contributed by atoms with Gasteiger partial charge in [0, 0.05) is 23.0 Å². The van der Waals surface area contributed by atoms with Gasteiger partial charge in [-0.05, 0) is 39.0 Å². The molecule has 0 fully saturated rings. The van der Waals surface area contributed by atoms with Crippen LogP contribution in [-0.2, 0) is 9.53 Å². The Kier molecular flexibility index (Phi) is 5.84. The van der Waals surface area contributed by atoms with Crippen LogP contribution in [0.15, 0.2) is 40.9 Å². The summed E-state index contributed by atoms with van der Waals surface area (Å²) in [5, 5.41) is 4.37. The predicted molar refractivity (Wildman–Crippen MR) is 102 cm³/mol. The second-order valence-corrected chi connectivity index (χ2v) is 6.63. The summed E-state index contributed by atoms with van der Waals surface area (Å²) in [4.78, 5) is 24.4. The van der Waals surface area contributed by atoms with E-state index in [2.05, 4.69) is 5.16 Å². The number of halogens is 1. The molecule has 8 heteroatoms. The summed E-state index contributed by atoms with van der Waals surface area (Å²) < 4.78 is 17.2. The number of rotatable bonds is 7. The number of ketones is 1. The molecular formula is C20H19ClN2O5. The molecule has 0 radical (unpaired) electrons. The van der Waals surface area contributed by atoms with Crippen molar-refractivity contribution in [2.45, 2.75) is 20.8 Å². The van der Waals surface area contributed by atoms with Gasteiger partial charge in [-0.2, -0.15) is 0 Å². The molecule has 0 aliphatic rings. The lowest BCUT2D eigenvalue weighted by molar-refractivity contribution is -0.144. The molecule has 1 aromatic carbocycles. The number of hydrogen-bond acceptors (Lipinski definition) is 6. The van der Waals surface area contributed by atoms with Crippen LogP contribution in [0, 0.1) is 20.8 Å². The maximum absolute atomic E-state index is 12.5. The number of benzene rings is 1. The number of nitrogens with zero attached hydrogens (tertiary/aromatic N) is 2. The van der Waals surface area contributed by atoms with Crippen molar-refractivity contribution in [3.63, 3.8) is 0 Å². The maximum Gasteiger partial charge on any atom is 0.344 e. The first-order valence-corrected chi connectivity index (χ1v) is 8.93. The normalized spacial score (nSPS) is 10.7. The third kappa shape index (κ3) is 4.26. The minimum Gasteiger partial charge on any atom is -0.480 e. The Hall–Kier alpha value is -3.06. The molecule has 0 amide bonds. The van der Waals surface area contributed by atoms with Gasteiger partial charge in [-0.3, -0.25) is 9.36 Å². The van der Waals surface area contributed by atoms with Crippen LogP contribution in [0.25, 0.3) is 5.82 Å². The molecule has 7 nitrogen and oxygen atoms in total. The summed E-state index contributed by atoms with van der Waals surface area (Å²) in [5.74, 6) is 0.665. The van der Waals surface area contributed by atoms with Crippen molar-refractivity contribution in [2.75, 3.05) is 13.2 Å². The standard InChI is InChI=1S/C20H19ClN2O5/c1-12-8-15(14(3)23(12)19-9-13(2)28-22-19)17(24)10-27-20(25)11-26-18-7-5-4-6-16(18)21/h4-9H,10-11H2,1-3H3. The molecule has 0 spiro atoms. The van der Waals surface area contributed by atoms with E-state index in [0.29, 0.717) is 33.6 Å². The Morgan fingerprint density at radius 3 is 2.57 bits per heavy atom. The first-order valence-electron chi connectivity index (χ1n) is 8.55. The fraction of sp³-hybridized carbons (Fsp3) is 0.250.